The van der Waals surface area contributed by atoms with Crippen LogP contribution in [0.15, 0.2) is 0 Å². The molecule has 0 saturated heterocycles. The van der Waals surface area contributed by atoms with E-state index in [0.29, 0.717) is 18.6 Å². The molecule has 0 aliphatic rings. The molecule has 0 bridgehead atoms. The lowest BCUT2D eigenvalue weighted by Gasteiger charge is -2.22. The average Bonchev–Trinajstić information content (AvgIpc) is 2.11. The first kappa shape index (κ1) is 12.6. The summed E-state index contributed by atoms with van der Waals surface area (Å²) in [4.78, 5) is 0. The third-order valence-corrected chi connectivity index (χ3v) is 2.08. The maximum atomic E-state index is 9.42. The maximum Gasteiger partial charge on any atom is 0.0846 e. The van der Waals surface area contributed by atoms with E-state index in [1.807, 2.05) is 0 Å². The van der Waals surface area contributed by atoms with Crippen LogP contribution in [0.1, 0.15) is 26.7 Å². The zero-order valence-electron chi connectivity index (χ0n) is 8.20. The van der Waals surface area contributed by atoms with Crippen molar-refractivity contribution in [2.24, 2.45) is 5.92 Å². The summed E-state index contributed by atoms with van der Waals surface area (Å²) in [5, 5.41) is 34.7. The molecule has 0 spiro atoms. The van der Waals surface area contributed by atoms with Crippen molar-refractivity contribution in [2.75, 3.05) is 6.61 Å². The fourth-order valence-electron chi connectivity index (χ4n) is 1.02. The molecule has 0 aromatic carbocycles. The Balaban J connectivity index is 3.81. The molecule has 0 amide bonds. The highest BCUT2D eigenvalue weighted by molar-refractivity contribution is 5.78. The van der Waals surface area contributed by atoms with Gasteiger partial charge in [-0.05, 0) is 19.8 Å². The summed E-state index contributed by atoms with van der Waals surface area (Å²) in [6.45, 7) is 3.20. The van der Waals surface area contributed by atoms with Crippen LogP contribution in [-0.4, -0.2) is 39.8 Å². The van der Waals surface area contributed by atoms with Crippen LogP contribution in [-0.2, 0) is 0 Å². The number of aliphatic hydroxyl groups excluding tert-OH is 3. The van der Waals surface area contributed by atoms with Gasteiger partial charge in [0.1, 0.15) is 0 Å². The van der Waals surface area contributed by atoms with Crippen LogP contribution in [0.4, 0.5) is 0 Å². The van der Waals surface area contributed by atoms with Crippen molar-refractivity contribution in [3.05, 3.63) is 0 Å². The van der Waals surface area contributed by atoms with E-state index >= 15 is 0 Å². The molecule has 13 heavy (non-hydrogen) atoms. The van der Waals surface area contributed by atoms with Crippen molar-refractivity contribution < 1.29 is 15.3 Å². The topological polar surface area (TPSA) is 84.5 Å². The largest absolute Gasteiger partial charge is 0.396 e. The van der Waals surface area contributed by atoms with Crippen molar-refractivity contribution in [2.45, 2.75) is 38.9 Å². The van der Waals surface area contributed by atoms with Gasteiger partial charge in [0.05, 0.1) is 12.2 Å². The van der Waals surface area contributed by atoms with Gasteiger partial charge in [-0.25, -0.2) is 0 Å². The third-order valence-electron chi connectivity index (χ3n) is 2.08. The molecule has 0 radical (unpaired) electrons. The number of rotatable bonds is 6. The molecule has 4 N–H and O–H groups in total. The second kappa shape index (κ2) is 6.07. The summed E-state index contributed by atoms with van der Waals surface area (Å²) >= 11 is 0. The summed E-state index contributed by atoms with van der Waals surface area (Å²) in [6, 6.07) is 0. The number of hydrogen-bond acceptors (Lipinski definition) is 4. The lowest BCUT2D eigenvalue weighted by Crippen LogP contribution is -2.34. The van der Waals surface area contributed by atoms with Crippen molar-refractivity contribution in [1.82, 2.24) is 0 Å². The molecule has 4 nitrogen and oxygen atoms in total. The number of nitrogens with one attached hydrogen (secondary N) is 1. The molecule has 0 aromatic rings. The van der Waals surface area contributed by atoms with Crippen LogP contribution in [0, 0.1) is 11.3 Å². The van der Waals surface area contributed by atoms with Gasteiger partial charge >= 0.3 is 0 Å². The van der Waals surface area contributed by atoms with Gasteiger partial charge in [-0.1, -0.05) is 6.92 Å². The molecule has 0 rings (SSSR count). The van der Waals surface area contributed by atoms with Gasteiger partial charge in [0, 0.05) is 18.2 Å². The van der Waals surface area contributed by atoms with Crippen molar-refractivity contribution in [3.63, 3.8) is 0 Å². The Labute approximate surface area is 78.7 Å². The van der Waals surface area contributed by atoms with Crippen LogP contribution in [0.2, 0.25) is 0 Å². The highest BCUT2D eigenvalue weighted by atomic mass is 16.3. The molecule has 0 aromatic heterocycles. The molecule has 0 fully saturated rings. The normalized spacial score (nSPS) is 17.9. The second-order valence-electron chi connectivity index (χ2n) is 3.54. The van der Waals surface area contributed by atoms with E-state index in [-0.39, 0.29) is 12.5 Å². The fourth-order valence-corrected chi connectivity index (χ4v) is 1.02. The SMILES string of the molecule is CC(=N)CCC(O)C(O)C(C)CO. The molecule has 0 aliphatic carbocycles. The Morgan fingerprint density at radius 3 is 2.31 bits per heavy atom. The first-order valence-corrected chi connectivity index (χ1v) is 4.50. The quantitative estimate of drug-likeness (QED) is 0.449. The maximum absolute atomic E-state index is 9.42. The van der Waals surface area contributed by atoms with Crippen LogP contribution < -0.4 is 0 Å². The van der Waals surface area contributed by atoms with Crippen molar-refractivity contribution in [3.8, 4) is 0 Å². The zero-order valence-corrected chi connectivity index (χ0v) is 8.20. The van der Waals surface area contributed by atoms with Crippen LogP contribution in [0.3, 0.4) is 0 Å². The standard InChI is InChI=1S/C9H19NO3/c1-6(5-11)9(13)8(12)4-3-7(2)10/h6,8-13H,3-5H2,1-2H3. The first-order valence-electron chi connectivity index (χ1n) is 4.50. The van der Waals surface area contributed by atoms with E-state index < -0.39 is 12.2 Å². The van der Waals surface area contributed by atoms with Crippen molar-refractivity contribution in [1.29, 1.82) is 5.41 Å². The van der Waals surface area contributed by atoms with Gasteiger partial charge in [0.15, 0.2) is 0 Å². The summed E-state index contributed by atoms with van der Waals surface area (Å²) in [6.07, 6.45) is -0.885. The monoisotopic (exact) mass is 189 g/mol. The Hall–Kier alpha value is -0.450. The smallest absolute Gasteiger partial charge is 0.0846 e. The lowest BCUT2D eigenvalue weighted by atomic mass is 9.97. The van der Waals surface area contributed by atoms with Gasteiger partial charge in [-0.15, -0.1) is 0 Å². The summed E-state index contributed by atoms with van der Waals surface area (Å²) in [5.41, 5.74) is 0.489. The fraction of sp³-hybridized carbons (Fsp3) is 0.889. The molecule has 3 atom stereocenters. The summed E-state index contributed by atoms with van der Waals surface area (Å²) in [7, 11) is 0. The molecular weight excluding hydrogens is 170 g/mol. The average molecular weight is 189 g/mol. The Bertz CT molecular complexity index is 161. The predicted octanol–water partition coefficient (Wildman–Crippen LogP) is 0.156. The minimum Gasteiger partial charge on any atom is -0.396 e. The van der Waals surface area contributed by atoms with Gasteiger partial charge in [-0.3, -0.25) is 0 Å². The van der Waals surface area contributed by atoms with Crippen LogP contribution >= 0.6 is 0 Å². The molecule has 0 aliphatic heterocycles. The Morgan fingerprint density at radius 1 is 1.38 bits per heavy atom. The first-order chi connectivity index (χ1) is 5.99. The molecule has 4 heteroatoms. The van der Waals surface area contributed by atoms with E-state index in [9.17, 15) is 10.2 Å². The highest BCUT2D eigenvalue weighted by Crippen LogP contribution is 2.11. The van der Waals surface area contributed by atoms with E-state index in [4.69, 9.17) is 10.5 Å². The number of aliphatic hydroxyl groups is 3. The molecule has 78 valence electrons. The molecule has 0 saturated carbocycles. The van der Waals surface area contributed by atoms with E-state index in [1.54, 1.807) is 13.8 Å². The number of hydrogen-bond donors (Lipinski definition) is 4. The van der Waals surface area contributed by atoms with Gasteiger partial charge in [0.2, 0.25) is 0 Å². The lowest BCUT2D eigenvalue weighted by molar-refractivity contribution is -0.0291. The van der Waals surface area contributed by atoms with Gasteiger partial charge in [0.25, 0.3) is 0 Å². The van der Waals surface area contributed by atoms with Crippen molar-refractivity contribution >= 4 is 5.71 Å². The minimum atomic E-state index is -0.899. The minimum absolute atomic E-state index is 0.137. The van der Waals surface area contributed by atoms with Crippen LogP contribution in [0.5, 0.6) is 0 Å². The highest BCUT2D eigenvalue weighted by Gasteiger charge is 2.21. The van der Waals surface area contributed by atoms with Crippen LogP contribution in [0.25, 0.3) is 0 Å². The van der Waals surface area contributed by atoms with Gasteiger partial charge < -0.3 is 20.7 Å². The molecule has 0 heterocycles. The molecular formula is C9H19NO3. The third kappa shape index (κ3) is 4.98. The summed E-state index contributed by atoms with van der Waals surface area (Å²) < 4.78 is 0. The van der Waals surface area contributed by atoms with E-state index in [1.165, 1.54) is 0 Å². The van der Waals surface area contributed by atoms with E-state index in [2.05, 4.69) is 0 Å². The second-order valence-corrected chi connectivity index (χ2v) is 3.54. The zero-order chi connectivity index (χ0) is 10.4. The Morgan fingerprint density at radius 2 is 1.92 bits per heavy atom. The Kier molecular flexibility index (Phi) is 5.86. The summed E-state index contributed by atoms with van der Waals surface area (Å²) in [5.74, 6) is -0.318. The predicted molar refractivity (Wildman–Crippen MR) is 50.9 cm³/mol. The van der Waals surface area contributed by atoms with Gasteiger partial charge in [-0.2, -0.15) is 0 Å². The molecule has 3 unspecified atom stereocenters. The van der Waals surface area contributed by atoms with E-state index in [0.717, 1.165) is 0 Å².